The lowest BCUT2D eigenvalue weighted by atomic mass is 10.0. The first kappa shape index (κ1) is 23.4. The van der Waals surface area contributed by atoms with Gasteiger partial charge >= 0.3 is 5.97 Å². The summed E-state index contributed by atoms with van der Waals surface area (Å²) >= 11 is 6.76. The maximum Gasteiger partial charge on any atom is 0.343 e. The first-order chi connectivity index (χ1) is 14.4. The molecule has 0 saturated carbocycles. The first-order valence-electron chi connectivity index (χ1n) is 8.69. The van der Waals surface area contributed by atoms with E-state index in [0.29, 0.717) is 27.9 Å². The Morgan fingerprint density at radius 2 is 2.03 bits per heavy atom. The van der Waals surface area contributed by atoms with Gasteiger partial charge in [0, 0.05) is 10.2 Å². The second-order valence-corrected chi connectivity index (χ2v) is 7.75. The number of hydrogen-bond donors (Lipinski definition) is 1. The second-order valence-electron chi connectivity index (χ2n) is 5.98. The van der Waals surface area contributed by atoms with Gasteiger partial charge in [-0.25, -0.2) is 4.79 Å². The molecule has 0 fully saturated rings. The minimum atomic E-state index is -0.525. The minimum Gasteiger partial charge on any atom is -0.480 e. The molecule has 8 heteroatoms. The molecule has 0 spiro atoms. The molecule has 0 aromatic heterocycles. The monoisotopic (exact) mass is 532 g/mol. The number of carbonyl (C=O) groups is 2. The third kappa shape index (κ3) is 6.58. The molecule has 0 bridgehead atoms. The molecule has 0 aliphatic rings. The van der Waals surface area contributed by atoms with Crippen molar-refractivity contribution in [3.8, 4) is 11.8 Å². The van der Waals surface area contributed by atoms with Crippen LogP contribution in [0, 0.1) is 11.3 Å². The smallest absolute Gasteiger partial charge is 0.343 e. The molecule has 0 aliphatic carbocycles. The summed E-state index contributed by atoms with van der Waals surface area (Å²) in [6.07, 6.45) is 3.63. The van der Waals surface area contributed by atoms with E-state index in [1.165, 1.54) is 13.2 Å². The van der Waals surface area contributed by atoms with E-state index >= 15 is 0 Å². The highest BCUT2D eigenvalue weighted by molar-refractivity contribution is 9.10. The zero-order valence-corrected chi connectivity index (χ0v) is 19.2. The maximum atomic E-state index is 12.5. The summed E-state index contributed by atoms with van der Waals surface area (Å²) in [5.74, 6) is -0.566. The topological polar surface area (TPSA) is 88.4 Å². The van der Waals surface area contributed by atoms with Gasteiger partial charge in [0.25, 0.3) is 5.91 Å². The van der Waals surface area contributed by atoms with E-state index in [1.807, 2.05) is 12.1 Å². The normalized spacial score (nSPS) is 10.7. The average molecular weight is 534 g/mol. The van der Waals surface area contributed by atoms with E-state index in [9.17, 15) is 14.9 Å². The highest BCUT2D eigenvalue weighted by atomic mass is 79.9. The second kappa shape index (κ2) is 11.3. The zero-order chi connectivity index (χ0) is 22.1. The predicted molar refractivity (Wildman–Crippen MR) is 122 cm³/mol. The molecule has 2 aromatic rings. The lowest BCUT2D eigenvalue weighted by Crippen LogP contribution is -2.14. The number of nitriles is 1. The minimum absolute atomic E-state index is 0.0605. The molecule has 2 rings (SSSR count). The number of allylic oxidation sites excluding steroid dienone is 1. The molecule has 0 radical (unpaired) electrons. The van der Waals surface area contributed by atoms with Crippen LogP contribution in [-0.4, -0.2) is 25.6 Å². The third-order valence-corrected chi connectivity index (χ3v) is 4.91. The third-order valence-electron chi connectivity index (χ3n) is 3.83. The number of carbonyl (C=O) groups excluding carboxylic acids is 2. The molecule has 0 unspecified atom stereocenters. The summed E-state index contributed by atoms with van der Waals surface area (Å²) in [6.45, 7) is 3.49. The first-order valence-corrected chi connectivity index (χ1v) is 10.3. The Labute approximate surface area is 191 Å². The number of nitrogens with one attached hydrogen (secondary N) is 1. The number of esters is 1. The van der Waals surface area contributed by atoms with Crippen LogP contribution in [0.1, 0.15) is 11.1 Å². The Hall–Kier alpha value is -2.89. The van der Waals surface area contributed by atoms with Gasteiger partial charge < -0.3 is 14.8 Å². The van der Waals surface area contributed by atoms with Gasteiger partial charge in [-0.15, -0.1) is 6.58 Å². The van der Waals surface area contributed by atoms with E-state index in [1.54, 1.807) is 36.4 Å². The van der Waals surface area contributed by atoms with E-state index in [2.05, 4.69) is 48.5 Å². The molecule has 1 amide bonds. The van der Waals surface area contributed by atoms with Crippen LogP contribution >= 0.6 is 31.9 Å². The van der Waals surface area contributed by atoms with Crippen molar-refractivity contribution >= 4 is 55.5 Å². The summed E-state index contributed by atoms with van der Waals surface area (Å²) in [4.78, 5) is 23.9. The van der Waals surface area contributed by atoms with Crippen molar-refractivity contribution in [1.29, 1.82) is 5.26 Å². The van der Waals surface area contributed by atoms with Crippen molar-refractivity contribution in [3.63, 3.8) is 0 Å². The van der Waals surface area contributed by atoms with Gasteiger partial charge in [-0.05, 0) is 69.9 Å². The Balaban J connectivity index is 2.32. The summed E-state index contributed by atoms with van der Waals surface area (Å²) in [7, 11) is 1.28. The average Bonchev–Trinajstić information content (AvgIpc) is 2.71. The molecule has 6 nitrogen and oxygen atoms in total. The zero-order valence-electron chi connectivity index (χ0n) is 16.1. The summed E-state index contributed by atoms with van der Waals surface area (Å²) in [5, 5.41) is 12.2. The van der Waals surface area contributed by atoms with Crippen molar-refractivity contribution in [2.45, 2.75) is 6.42 Å². The molecule has 0 heterocycles. The largest absolute Gasteiger partial charge is 0.480 e. The quantitative estimate of drug-likeness (QED) is 0.222. The van der Waals surface area contributed by atoms with Crippen LogP contribution in [0.25, 0.3) is 6.08 Å². The molecule has 0 saturated heterocycles. The Morgan fingerprint density at radius 3 is 2.67 bits per heavy atom. The van der Waals surface area contributed by atoms with E-state index < -0.39 is 11.9 Å². The van der Waals surface area contributed by atoms with Crippen molar-refractivity contribution < 1.29 is 19.1 Å². The standard InChI is InChI=1S/C22H18Br2N2O4/c1-3-5-15-8-14(10-19(24)21(15)30-13-20(27)29-2)9-16(12-25)22(28)26-18-7-4-6-17(23)11-18/h3-4,6-11H,1,5,13H2,2H3,(H,26,28)/b16-9-. The molecule has 0 atom stereocenters. The van der Waals surface area contributed by atoms with Gasteiger partial charge in [-0.3, -0.25) is 4.79 Å². The van der Waals surface area contributed by atoms with E-state index in [0.717, 1.165) is 10.0 Å². The molecule has 30 heavy (non-hydrogen) atoms. The van der Waals surface area contributed by atoms with Gasteiger partial charge in [0.2, 0.25) is 0 Å². The van der Waals surface area contributed by atoms with E-state index in [-0.39, 0.29) is 12.2 Å². The van der Waals surface area contributed by atoms with Crippen molar-refractivity contribution in [3.05, 3.63) is 74.7 Å². The highest BCUT2D eigenvalue weighted by Gasteiger charge is 2.14. The number of nitrogens with zero attached hydrogens (tertiary/aromatic N) is 1. The van der Waals surface area contributed by atoms with Gasteiger partial charge in [-0.2, -0.15) is 5.26 Å². The van der Waals surface area contributed by atoms with Gasteiger partial charge in [0.05, 0.1) is 11.6 Å². The van der Waals surface area contributed by atoms with Crippen LogP contribution in [0.3, 0.4) is 0 Å². The Bertz CT molecular complexity index is 1040. The molecule has 1 N–H and O–H groups in total. The molecular formula is C22H18Br2N2O4. The van der Waals surface area contributed by atoms with Crippen molar-refractivity contribution in [1.82, 2.24) is 0 Å². The number of rotatable bonds is 8. The van der Waals surface area contributed by atoms with Crippen LogP contribution in [0.2, 0.25) is 0 Å². The Kier molecular flexibility index (Phi) is 8.84. The van der Waals surface area contributed by atoms with Crippen LogP contribution in [0.5, 0.6) is 5.75 Å². The molecule has 0 aliphatic heterocycles. The number of amides is 1. The SMILES string of the molecule is C=CCc1cc(/C=C(/C#N)C(=O)Nc2cccc(Br)c2)cc(Br)c1OCC(=O)OC. The number of anilines is 1. The van der Waals surface area contributed by atoms with Crippen LogP contribution < -0.4 is 10.1 Å². The van der Waals surface area contributed by atoms with Crippen LogP contribution in [-0.2, 0) is 20.7 Å². The molecule has 2 aromatic carbocycles. The number of halogens is 2. The fourth-order valence-electron chi connectivity index (χ4n) is 2.50. The van der Waals surface area contributed by atoms with E-state index in [4.69, 9.17) is 4.74 Å². The molecular weight excluding hydrogens is 516 g/mol. The van der Waals surface area contributed by atoms with Crippen LogP contribution in [0.15, 0.2) is 63.6 Å². The summed E-state index contributed by atoms with van der Waals surface area (Å²) < 4.78 is 11.5. The maximum absolute atomic E-state index is 12.5. The number of benzene rings is 2. The summed E-state index contributed by atoms with van der Waals surface area (Å²) in [6, 6.07) is 12.5. The fraction of sp³-hybridized carbons (Fsp3) is 0.136. The number of hydrogen-bond acceptors (Lipinski definition) is 5. The lowest BCUT2D eigenvalue weighted by Gasteiger charge is -2.13. The number of ether oxygens (including phenoxy) is 2. The fourth-order valence-corrected chi connectivity index (χ4v) is 3.53. The summed E-state index contributed by atoms with van der Waals surface area (Å²) in [5.41, 5.74) is 1.86. The lowest BCUT2D eigenvalue weighted by molar-refractivity contribution is -0.142. The Morgan fingerprint density at radius 1 is 1.27 bits per heavy atom. The van der Waals surface area contributed by atoms with Crippen molar-refractivity contribution in [2.24, 2.45) is 0 Å². The van der Waals surface area contributed by atoms with Gasteiger partial charge in [0.1, 0.15) is 17.4 Å². The van der Waals surface area contributed by atoms with Gasteiger partial charge in [0.15, 0.2) is 6.61 Å². The number of methoxy groups -OCH3 is 1. The molecule has 154 valence electrons. The highest BCUT2D eigenvalue weighted by Crippen LogP contribution is 2.32. The van der Waals surface area contributed by atoms with Gasteiger partial charge in [-0.1, -0.05) is 28.1 Å². The van der Waals surface area contributed by atoms with Crippen molar-refractivity contribution in [2.75, 3.05) is 19.0 Å². The predicted octanol–water partition coefficient (Wildman–Crippen LogP) is 5.04. The van der Waals surface area contributed by atoms with Crippen LogP contribution in [0.4, 0.5) is 5.69 Å².